The molecule has 3 rings (SSSR count). The van der Waals surface area contributed by atoms with Crippen LogP contribution in [0.3, 0.4) is 0 Å². The van der Waals surface area contributed by atoms with Gasteiger partial charge < -0.3 is 9.97 Å². The zero-order valence-corrected chi connectivity index (χ0v) is 7.52. The van der Waals surface area contributed by atoms with Crippen molar-refractivity contribution in [1.82, 2.24) is 9.97 Å². The van der Waals surface area contributed by atoms with Crippen molar-refractivity contribution in [3.8, 4) is 0 Å². The van der Waals surface area contributed by atoms with Crippen LogP contribution in [0.5, 0.6) is 0 Å². The molecule has 6 nitrogen and oxygen atoms in total. The summed E-state index contributed by atoms with van der Waals surface area (Å²) in [7, 11) is 0. The van der Waals surface area contributed by atoms with E-state index in [9.17, 15) is 9.59 Å². The normalized spacial score (nSPS) is 21.1. The highest BCUT2D eigenvalue weighted by Gasteiger charge is 2.16. The smallest absolute Gasteiger partial charge is 0.314 e. The van der Waals surface area contributed by atoms with Gasteiger partial charge in [0.25, 0.3) is 0 Å². The fourth-order valence-electron chi connectivity index (χ4n) is 1.62. The van der Waals surface area contributed by atoms with E-state index in [2.05, 4.69) is 20.0 Å². The first-order valence-electron chi connectivity index (χ1n) is 4.39. The Bertz CT molecular complexity index is 720. The molecule has 2 aliphatic rings. The Morgan fingerprint density at radius 1 is 1.13 bits per heavy atom. The molecule has 15 heavy (non-hydrogen) atoms. The molecule has 0 amide bonds. The molecule has 0 bridgehead atoms. The highest BCUT2D eigenvalue weighted by atomic mass is 16.2. The second-order valence-corrected chi connectivity index (χ2v) is 3.31. The molecule has 0 fully saturated rings. The van der Waals surface area contributed by atoms with Crippen LogP contribution in [0, 0.1) is 0 Å². The van der Waals surface area contributed by atoms with Crippen molar-refractivity contribution in [2.75, 3.05) is 0 Å². The molecule has 0 saturated heterocycles. The van der Waals surface area contributed by atoms with Gasteiger partial charge in [0.2, 0.25) is 0 Å². The van der Waals surface area contributed by atoms with Crippen molar-refractivity contribution in [2.24, 2.45) is 9.98 Å². The van der Waals surface area contributed by atoms with Gasteiger partial charge in [0.05, 0.1) is 16.4 Å². The maximum absolute atomic E-state index is 11.1. The molecular formula is C9H6N4O2. The van der Waals surface area contributed by atoms with Gasteiger partial charge in [0.1, 0.15) is 12.4 Å². The molecule has 74 valence electrons. The van der Waals surface area contributed by atoms with Gasteiger partial charge in [0.15, 0.2) is 0 Å². The molecule has 0 saturated carbocycles. The van der Waals surface area contributed by atoms with E-state index in [-0.39, 0.29) is 6.04 Å². The van der Waals surface area contributed by atoms with Gasteiger partial charge in [-0.3, -0.25) is 14.6 Å². The number of hydrogen-bond donors (Lipinski definition) is 2. The van der Waals surface area contributed by atoms with Gasteiger partial charge in [-0.1, -0.05) is 0 Å². The van der Waals surface area contributed by atoms with Crippen LogP contribution in [0.1, 0.15) is 0 Å². The second-order valence-electron chi connectivity index (χ2n) is 3.31. The minimum absolute atomic E-state index is 0.140. The van der Waals surface area contributed by atoms with Crippen LogP contribution in [-0.2, 0) is 0 Å². The zero-order valence-electron chi connectivity index (χ0n) is 7.52. The molecular weight excluding hydrogens is 196 g/mol. The van der Waals surface area contributed by atoms with Crippen molar-refractivity contribution >= 4 is 24.2 Å². The lowest BCUT2D eigenvalue weighted by Crippen LogP contribution is -2.49. The van der Waals surface area contributed by atoms with E-state index in [1.54, 1.807) is 12.2 Å². The molecule has 2 heterocycles. The highest BCUT2D eigenvalue weighted by Crippen LogP contribution is 2.05. The van der Waals surface area contributed by atoms with Gasteiger partial charge in [-0.05, 0) is 12.2 Å². The maximum atomic E-state index is 11.1. The number of nitrogens with one attached hydrogen (secondary N) is 2. The van der Waals surface area contributed by atoms with E-state index < -0.39 is 11.1 Å². The Hall–Kier alpha value is -2.24. The Balaban J connectivity index is 2.45. The van der Waals surface area contributed by atoms with Gasteiger partial charge in [0, 0.05) is 0 Å². The van der Waals surface area contributed by atoms with Crippen molar-refractivity contribution in [3.05, 3.63) is 31.4 Å². The van der Waals surface area contributed by atoms with E-state index in [1.807, 2.05) is 0 Å². The van der Waals surface area contributed by atoms with E-state index >= 15 is 0 Å². The van der Waals surface area contributed by atoms with Gasteiger partial charge in [-0.25, -0.2) is 4.99 Å². The third-order valence-electron chi connectivity index (χ3n) is 2.35. The average Bonchev–Trinajstić information content (AvgIpc) is 2.63. The van der Waals surface area contributed by atoms with Crippen LogP contribution in [0.4, 0.5) is 0 Å². The van der Waals surface area contributed by atoms with Crippen LogP contribution in [0.25, 0.3) is 12.2 Å². The second kappa shape index (κ2) is 2.63. The van der Waals surface area contributed by atoms with Gasteiger partial charge >= 0.3 is 11.1 Å². The quantitative estimate of drug-likeness (QED) is 0.455. The summed E-state index contributed by atoms with van der Waals surface area (Å²) in [6.45, 7) is 0. The summed E-state index contributed by atoms with van der Waals surface area (Å²) < 4.78 is 0. The summed E-state index contributed by atoms with van der Waals surface area (Å²) in [5.74, 6) is 0. The summed E-state index contributed by atoms with van der Waals surface area (Å²) in [5, 5.41) is 1.16. The molecule has 1 aromatic heterocycles. The Morgan fingerprint density at radius 2 is 1.87 bits per heavy atom. The van der Waals surface area contributed by atoms with Crippen molar-refractivity contribution in [3.63, 3.8) is 0 Å². The van der Waals surface area contributed by atoms with Crippen LogP contribution in [0.2, 0.25) is 0 Å². The summed E-state index contributed by atoms with van der Waals surface area (Å²) in [6.07, 6.45) is 4.94. The maximum Gasteiger partial charge on any atom is 0.314 e. The van der Waals surface area contributed by atoms with Crippen LogP contribution in [-0.4, -0.2) is 28.1 Å². The summed E-state index contributed by atoms with van der Waals surface area (Å²) >= 11 is 0. The lowest BCUT2D eigenvalue weighted by atomic mass is 10.1. The largest absolute Gasteiger partial charge is 0.316 e. The zero-order chi connectivity index (χ0) is 10.4. The predicted octanol–water partition coefficient (Wildman–Crippen LogP) is -2.51. The molecule has 0 spiro atoms. The number of H-pyrrole nitrogens is 2. The molecule has 1 atom stereocenters. The molecule has 2 N–H and O–H groups in total. The number of aromatic amines is 2. The Morgan fingerprint density at radius 3 is 2.67 bits per heavy atom. The number of hydrogen-bond acceptors (Lipinski definition) is 4. The fraction of sp³-hybridized carbons (Fsp3) is 0.111. The van der Waals surface area contributed by atoms with Gasteiger partial charge in [-0.2, -0.15) is 0 Å². The SMILES string of the molecule is O=c1[nH]c2c([nH]c1=O)=C[C@@H]1N=CN=C1C=2. The highest BCUT2D eigenvalue weighted by molar-refractivity contribution is 6.21. The molecule has 0 aromatic carbocycles. The van der Waals surface area contributed by atoms with E-state index in [1.165, 1.54) is 6.34 Å². The summed E-state index contributed by atoms with van der Waals surface area (Å²) in [5.41, 5.74) is -0.540. The van der Waals surface area contributed by atoms with Gasteiger partial charge in [-0.15, -0.1) is 0 Å². The fourth-order valence-corrected chi connectivity index (χ4v) is 1.62. The summed E-state index contributed by atoms with van der Waals surface area (Å²) in [6, 6.07) is -0.140. The lowest BCUT2D eigenvalue weighted by Gasteiger charge is -2.06. The molecule has 1 aliphatic heterocycles. The number of fused-ring (bicyclic) bond motifs is 2. The van der Waals surface area contributed by atoms with Crippen molar-refractivity contribution in [1.29, 1.82) is 0 Å². The predicted molar refractivity (Wildman–Crippen MR) is 55.6 cm³/mol. The van der Waals surface area contributed by atoms with Crippen LogP contribution in [0.15, 0.2) is 19.6 Å². The summed E-state index contributed by atoms with van der Waals surface area (Å²) in [4.78, 5) is 35.3. The monoisotopic (exact) mass is 202 g/mol. The number of aliphatic imine (C=N–C) groups is 2. The number of nitrogens with zero attached hydrogens (tertiary/aromatic N) is 2. The van der Waals surface area contributed by atoms with Crippen LogP contribution < -0.4 is 21.8 Å². The third kappa shape index (κ3) is 1.11. The topological polar surface area (TPSA) is 90.4 Å². The number of aromatic nitrogens is 2. The average molecular weight is 202 g/mol. The molecule has 0 radical (unpaired) electrons. The van der Waals surface area contributed by atoms with Crippen molar-refractivity contribution < 1.29 is 0 Å². The first-order valence-corrected chi connectivity index (χ1v) is 4.39. The van der Waals surface area contributed by atoms with Crippen molar-refractivity contribution in [2.45, 2.75) is 6.04 Å². The lowest BCUT2D eigenvalue weighted by molar-refractivity contribution is 0.985. The van der Waals surface area contributed by atoms with Crippen LogP contribution >= 0.6 is 0 Å². The Kier molecular flexibility index (Phi) is 1.42. The minimum Gasteiger partial charge on any atom is -0.316 e. The third-order valence-corrected chi connectivity index (χ3v) is 2.35. The first kappa shape index (κ1) is 8.10. The van der Waals surface area contributed by atoms with E-state index in [0.717, 1.165) is 5.71 Å². The molecule has 1 aromatic rings. The first-order chi connectivity index (χ1) is 7.24. The Labute approximate surface area is 82.4 Å². The van der Waals surface area contributed by atoms with E-state index in [0.29, 0.717) is 10.7 Å². The molecule has 1 aliphatic carbocycles. The number of rotatable bonds is 0. The standard InChI is InChI=1S/C9H6N4O2/c14-8-9(15)13-7-2-5-4(10-3-11-5)1-6(7)12-8/h1-4H,(H,12,14)(H,13,15)/t4-/m0/s1. The molecule has 6 heteroatoms. The molecule has 0 unspecified atom stereocenters. The minimum atomic E-state index is -0.656. The van der Waals surface area contributed by atoms with E-state index in [4.69, 9.17) is 0 Å².